The predicted octanol–water partition coefficient (Wildman–Crippen LogP) is 4.90. The molecule has 5 rings (SSSR count). The molecule has 0 fully saturated rings. The number of carbonyl (C=O) groups excluding carboxylic acids is 1. The van der Waals surface area contributed by atoms with E-state index >= 15 is 0 Å². The van der Waals surface area contributed by atoms with Crippen LogP contribution in [0, 0.1) is 5.41 Å². The Labute approximate surface area is 216 Å². The summed E-state index contributed by atoms with van der Waals surface area (Å²) >= 11 is 0. The second kappa shape index (κ2) is 12.0. The van der Waals surface area contributed by atoms with Gasteiger partial charge < -0.3 is 26.1 Å². The van der Waals surface area contributed by atoms with E-state index in [1.54, 1.807) is 6.07 Å². The third-order valence-corrected chi connectivity index (χ3v) is 5.99. The number of aromatic nitrogens is 1. The number of nitrogens with two attached hydrogens (primary N) is 2. The molecular formula is C30H31N5O2. The number of aldehydes is 1. The largest absolute Gasteiger partial charge is 0.457 e. The van der Waals surface area contributed by atoms with E-state index < -0.39 is 0 Å². The normalized spacial score (nSPS) is 10.6. The van der Waals surface area contributed by atoms with Gasteiger partial charge in [-0.1, -0.05) is 54.6 Å². The van der Waals surface area contributed by atoms with Crippen molar-refractivity contribution in [3.05, 3.63) is 108 Å². The van der Waals surface area contributed by atoms with E-state index in [1.807, 2.05) is 84.4 Å². The number of rotatable bonds is 8. The zero-order valence-electron chi connectivity index (χ0n) is 20.8. The Morgan fingerprint density at radius 2 is 1.70 bits per heavy atom. The number of amidine groups is 1. The van der Waals surface area contributed by atoms with Crippen molar-refractivity contribution in [2.75, 3.05) is 20.1 Å². The lowest BCUT2D eigenvalue weighted by Crippen LogP contribution is -2.17. The Kier molecular flexibility index (Phi) is 8.30. The average Bonchev–Trinajstić information content (AvgIpc) is 3.27. The molecular weight excluding hydrogens is 462 g/mol. The standard InChI is InChI=1S/C27H21N3O2.C3H10N2/c28-27(29)20-11-10-19-12-22(17-31)30(26(19)15-20)16-21-14-24(32-23-7-2-1-3-8-23)13-18-6-4-5-9-25(18)21;1-5-3-2-4/h1-15,17H,16H2,(H3,28,29);5H,2-4H2,1H3. The van der Waals surface area contributed by atoms with Gasteiger partial charge in [-0.3, -0.25) is 10.2 Å². The van der Waals surface area contributed by atoms with Crippen molar-refractivity contribution in [2.45, 2.75) is 6.54 Å². The lowest BCUT2D eigenvalue weighted by Gasteiger charge is -2.14. The number of benzene rings is 4. The number of para-hydroxylation sites is 1. The van der Waals surface area contributed by atoms with Gasteiger partial charge in [-0.2, -0.15) is 0 Å². The first-order valence-corrected chi connectivity index (χ1v) is 12.1. The molecule has 188 valence electrons. The zero-order chi connectivity index (χ0) is 26.2. The molecule has 0 amide bonds. The highest BCUT2D eigenvalue weighted by molar-refractivity contribution is 6.00. The van der Waals surface area contributed by atoms with Crippen LogP contribution in [0.25, 0.3) is 21.7 Å². The summed E-state index contributed by atoms with van der Waals surface area (Å²) in [7, 11) is 1.88. The summed E-state index contributed by atoms with van der Waals surface area (Å²) in [5, 5.41) is 13.8. The van der Waals surface area contributed by atoms with Crippen LogP contribution in [0.4, 0.5) is 0 Å². The maximum absolute atomic E-state index is 11.9. The topological polar surface area (TPSA) is 119 Å². The van der Waals surface area contributed by atoms with Crippen LogP contribution in [0.5, 0.6) is 11.5 Å². The number of nitrogens with zero attached hydrogens (tertiary/aromatic N) is 1. The number of hydrogen-bond donors (Lipinski definition) is 4. The first-order chi connectivity index (χ1) is 18.0. The van der Waals surface area contributed by atoms with Gasteiger partial charge in [0.05, 0.1) is 5.69 Å². The van der Waals surface area contributed by atoms with Crippen molar-refractivity contribution in [1.82, 2.24) is 9.88 Å². The molecule has 0 saturated carbocycles. The van der Waals surface area contributed by atoms with Crippen LogP contribution < -0.4 is 21.5 Å². The molecule has 7 heteroatoms. The molecule has 0 bridgehead atoms. The highest BCUT2D eigenvalue weighted by Gasteiger charge is 2.13. The van der Waals surface area contributed by atoms with Gasteiger partial charge in [0.15, 0.2) is 6.29 Å². The molecule has 6 N–H and O–H groups in total. The van der Waals surface area contributed by atoms with E-state index in [4.69, 9.17) is 21.6 Å². The molecule has 1 aromatic heterocycles. The molecule has 7 nitrogen and oxygen atoms in total. The molecule has 0 spiro atoms. The fourth-order valence-electron chi connectivity index (χ4n) is 4.21. The zero-order valence-corrected chi connectivity index (χ0v) is 20.8. The summed E-state index contributed by atoms with van der Waals surface area (Å²) in [6.07, 6.45) is 0.861. The van der Waals surface area contributed by atoms with Crippen LogP contribution in [0.15, 0.2) is 91.0 Å². The summed E-state index contributed by atoms with van der Waals surface area (Å²) in [6, 6.07) is 29.2. The molecule has 0 aliphatic heterocycles. The van der Waals surface area contributed by atoms with Crippen LogP contribution in [0.1, 0.15) is 21.6 Å². The molecule has 0 radical (unpaired) electrons. The highest BCUT2D eigenvalue weighted by Crippen LogP contribution is 2.31. The van der Waals surface area contributed by atoms with E-state index in [-0.39, 0.29) is 5.84 Å². The molecule has 0 unspecified atom stereocenters. The maximum Gasteiger partial charge on any atom is 0.166 e. The van der Waals surface area contributed by atoms with Crippen LogP contribution in [-0.4, -0.2) is 36.8 Å². The number of nitrogen functional groups attached to an aromatic ring is 1. The molecule has 0 aliphatic carbocycles. The minimum Gasteiger partial charge on any atom is -0.457 e. The van der Waals surface area contributed by atoms with Gasteiger partial charge in [-0.25, -0.2) is 0 Å². The number of fused-ring (bicyclic) bond motifs is 2. The van der Waals surface area contributed by atoms with Crippen molar-refractivity contribution in [3.63, 3.8) is 0 Å². The molecule has 0 saturated heterocycles. The van der Waals surface area contributed by atoms with Crippen molar-refractivity contribution in [3.8, 4) is 11.5 Å². The van der Waals surface area contributed by atoms with Crippen LogP contribution in [0.3, 0.4) is 0 Å². The third kappa shape index (κ3) is 6.03. The number of ether oxygens (including phenoxy) is 1. The molecule has 4 aromatic carbocycles. The summed E-state index contributed by atoms with van der Waals surface area (Å²) in [5.41, 5.74) is 13.9. The van der Waals surface area contributed by atoms with Gasteiger partial charge in [-0.05, 0) is 59.8 Å². The van der Waals surface area contributed by atoms with Crippen LogP contribution in [0.2, 0.25) is 0 Å². The van der Waals surface area contributed by atoms with Crippen LogP contribution in [-0.2, 0) is 6.54 Å². The summed E-state index contributed by atoms with van der Waals surface area (Å²) < 4.78 is 8.08. The first-order valence-electron chi connectivity index (χ1n) is 12.1. The number of nitrogens with one attached hydrogen (secondary N) is 2. The van der Waals surface area contributed by atoms with Crippen LogP contribution >= 0.6 is 0 Å². The lowest BCUT2D eigenvalue weighted by atomic mass is 10.0. The number of hydrogen-bond acceptors (Lipinski definition) is 5. The average molecular weight is 494 g/mol. The van der Waals surface area contributed by atoms with Gasteiger partial charge in [0, 0.05) is 36.1 Å². The SMILES string of the molecule is CNCCN.N=C(N)c1ccc2cc(C=O)n(Cc3cc(Oc4ccccc4)cc4ccccc34)c2c1. The Hall–Kier alpha value is -4.46. The number of likely N-dealkylation sites (N-methyl/N-ethyl adjacent to an activating group) is 1. The fourth-order valence-corrected chi connectivity index (χ4v) is 4.21. The molecule has 5 aromatic rings. The second-order valence-electron chi connectivity index (χ2n) is 8.57. The molecule has 37 heavy (non-hydrogen) atoms. The van der Waals surface area contributed by atoms with Gasteiger partial charge in [0.25, 0.3) is 0 Å². The predicted molar refractivity (Wildman–Crippen MR) is 151 cm³/mol. The van der Waals surface area contributed by atoms with Crippen molar-refractivity contribution in [2.24, 2.45) is 11.5 Å². The molecule has 0 atom stereocenters. The monoisotopic (exact) mass is 493 g/mol. The van der Waals surface area contributed by atoms with Gasteiger partial charge in [0.1, 0.15) is 17.3 Å². The first kappa shape index (κ1) is 25.6. The molecule has 0 aliphatic rings. The van der Waals surface area contributed by atoms with Crippen molar-refractivity contribution in [1.29, 1.82) is 5.41 Å². The summed E-state index contributed by atoms with van der Waals surface area (Å²) in [5.74, 6) is 1.49. The Morgan fingerprint density at radius 1 is 0.946 bits per heavy atom. The fraction of sp³-hybridized carbons (Fsp3) is 0.133. The van der Waals surface area contributed by atoms with Gasteiger partial charge >= 0.3 is 0 Å². The smallest absolute Gasteiger partial charge is 0.166 e. The Balaban J connectivity index is 0.000000586. The summed E-state index contributed by atoms with van der Waals surface area (Å²) in [6.45, 7) is 2.13. The maximum atomic E-state index is 11.9. The van der Waals surface area contributed by atoms with Crippen molar-refractivity contribution < 1.29 is 9.53 Å². The minimum atomic E-state index is -0.00369. The number of carbonyl (C=O) groups is 1. The van der Waals surface area contributed by atoms with Gasteiger partial charge in [-0.15, -0.1) is 0 Å². The Morgan fingerprint density at radius 3 is 2.38 bits per heavy atom. The van der Waals surface area contributed by atoms with Gasteiger partial charge in [0.2, 0.25) is 0 Å². The van der Waals surface area contributed by atoms with E-state index in [0.717, 1.165) is 58.1 Å². The van der Waals surface area contributed by atoms with E-state index in [0.29, 0.717) is 17.8 Å². The second-order valence-corrected chi connectivity index (χ2v) is 8.57. The Bertz CT molecular complexity index is 1520. The van der Waals surface area contributed by atoms with E-state index in [9.17, 15) is 4.79 Å². The molecule has 1 heterocycles. The summed E-state index contributed by atoms with van der Waals surface area (Å²) in [4.78, 5) is 11.9. The van der Waals surface area contributed by atoms with Crippen molar-refractivity contribution >= 4 is 33.8 Å². The highest BCUT2D eigenvalue weighted by atomic mass is 16.5. The van der Waals surface area contributed by atoms with E-state index in [2.05, 4.69) is 17.4 Å². The van der Waals surface area contributed by atoms with E-state index in [1.165, 1.54) is 0 Å². The minimum absolute atomic E-state index is 0.00369. The third-order valence-electron chi connectivity index (χ3n) is 5.99. The lowest BCUT2D eigenvalue weighted by molar-refractivity contribution is 0.111. The quantitative estimate of drug-likeness (QED) is 0.139.